The van der Waals surface area contributed by atoms with E-state index in [0.29, 0.717) is 22.8 Å². The zero-order valence-electron chi connectivity index (χ0n) is 21.0. The fourth-order valence-corrected chi connectivity index (χ4v) is 3.44. The second-order valence-corrected chi connectivity index (χ2v) is 7.92. The predicted octanol–water partition coefficient (Wildman–Crippen LogP) is 5.22. The molecule has 0 N–H and O–H groups in total. The summed E-state index contributed by atoms with van der Waals surface area (Å²) in [5.41, 5.74) is 4.10. The van der Waals surface area contributed by atoms with Gasteiger partial charge in [0.05, 0.1) is 0 Å². The van der Waals surface area contributed by atoms with E-state index in [2.05, 4.69) is 45.5 Å². The van der Waals surface area contributed by atoms with Crippen LogP contribution < -0.4 is 9.64 Å². The molecular weight excluding hydrogens is 863 g/mol. The van der Waals surface area contributed by atoms with Crippen LogP contribution in [0.25, 0.3) is 22.4 Å². The van der Waals surface area contributed by atoms with Crippen molar-refractivity contribution in [2.75, 3.05) is 11.9 Å². The maximum absolute atomic E-state index is 6.49. The molecule has 9 heteroatoms. The third-order valence-electron chi connectivity index (χ3n) is 5.21. The quantitative estimate of drug-likeness (QED) is 0.179. The number of rotatable bonds is 5. The van der Waals surface area contributed by atoms with Crippen LogP contribution >= 0.6 is 0 Å². The Kier molecular flexibility index (Phi) is 11.4. The van der Waals surface area contributed by atoms with E-state index in [0.717, 1.165) is 16.8 Å². The second-order valence-electron chi connectivity index (χ2n) is 7.92. The molecule has 1 aliphatic heterocycles. The fraction of sp³-hybridized carbons (Fsp3) is 0.0323. The number of aromatic nitrogens is 4. The van der Waals surface area contributed by atoms with Crippen molar-refractivity contribution in [1.82, 2.24) is 24.6 Å². The first kappa shape index (κ1) is 30.6. The van der Waals surface area contributed by atoms with Crippen molar-refractivity contribution in [1.29, 1.82) is 0 Å². The number of pyridine rings is 1. The van der Waals surface area contributed by atoms with Crippen molar-refractivity contribution in [3.8, 4) is 39.9 Å². The Hall–Kier alpha value is -3.97. The molecule has 0 spiro atoms. The van der Waals surface area contributed by atoms with Crippen LogP contribution in [0.15, 0.2) is 91.9 Å². The first-order chi connectivity index (χ1) is 18.7. The first-order valence-corrected chi connectivity index (χ1v) is 11.5. The van der Waals surface area contributed by atoms with E-state index in [9.17, 15) is 0 Å². The van der Waals surface area contributed by atoms with Gasteiger partial charge in [0.2, 0.25) is 0 Å². The number of anilines is 1. The van der Waals surface area contributed by atoms with Crippen molar-refractivity contribution in [2.24, 2.45) is 0 Å². The molecule has 3 heterocycles. The summed E-state index contributed by atoms with van der Waals surface area (Å²) in [5.74, 6) is 1.17. The van der Waals surface area contributed by atoms with E-state index in [1.54, 1.807) is 12.3 Å². The molecule has 0 bridgehead atoms. The molecule has 40 heavy (non-hydrogen) atoms. The van der Waals surface area contributed by atoms with Crippen molar-refractivity contribution < 1.29 is 46.9 Å². The Morgan fingerprint density at radius 1 is 0.875 bits per heavy atom. The summed E-state index contributed by atoms with van der Waals surface area (Å²) < 4.78 is 7.34. The molecule has 7 nitrogen and oxygen atoms in total. The fourth-order valence-electron chi connectivity index (χ4n) is 3.44. The SMILES string of the molecule is CN1C=CN(c2[c-]c(Oc3[c-]c(-c4[c-]c(-c5[c-]cccc5)ccn4)[c-]cc3)ccc2)[CH-]1.[C-]#Cn1cnnc1.[Pt+4].[Pt]. The van der Waals surface area contributed by atoms with Gasteiger partial charge in [-0.1, -0.05) is 5.75 Å². The number of ether oxygens (including phenoxy) is 1. The number of benzene rings is 3. The summed E-state index contributed by atoms with van der Waals surface area (Å²) in [7, 11) is 1.98. The van der Waals surface area contributed by atoms with Gasteiger partial charge >= 0.3 is 21.1 Å². The number of nitrogens with zero attached hydrogens (tertiary/aromatic N) is 6. The average molecular weight is 882 g/mol. The average Bonchev–Trinajstić information content (AvgIpc) is 3.66. The molecule has 0 atom stereocenters. The predicted molar refractivity (Wildman–Crippen MR) is 142 cm³/mol. The topological polar surface area (TPSA) is 59.3 Å². The maximum atomic E-state index is 6.49. The second kappa shape index (κ2) is 15.0. The van der Waals surface area contributed by atoms with Gasteiger partial charge < -0.3 is 37.6 Å². The minimum Gasteiger partial charge on any atom is -0.669 e. The summed E-state index contributed by atoms with van der Waals surface area (Å²) in [6.45, 7) is 1.97. The molecule has 0 aliphatic carbocycles. The molecule has 0 unspecified atom stereocenters. The Labute approximate surface area is 263 Å². The van der Waals surface area contributed by atoms with E-state index < -0.39 is 0 Å². The van der Waals surface area contributed by atoms with Crippen molar-refractivity contribution in [3.63, 3.8) is 0 Å². The van der Waals surface area contributed by atoms with E-state index in [4.69, 9.17) is 11.2 Å². The summed E-state index contributed by atoms with van der Waals surface area (Å²) in [5, 5.41) is 6.85. The van der Waals surface area contributed by atoms with E-state index in [1.807, 2.05) is 96.6 Å². The summed E-state index contributed by atoms with van der Waals surface area (Å²) >= 11 is 0. The van der Waals surface area contributed by atoms with Gasteiger partial charge in [0, 0.05) is 26.8 Å². The molecule has 1 aliphatic rings. The molecule has 0 amide bonds. The van der Waals surface area contributed by atoms with Gasteiger partial charge in [-0.3, -0.25) is 16.7 Å². The smallest absolute Gasteiger partial charge is 0.669 e. The molecule has 6 rings (SSSR count). The Morgan fingerprint density at radius 2 is 1.70 bits per heavy atom. The van der Waals surface area contributed by atoms with Gasteiger partial charge in [0.15, 0.2) is 0 Å². The number of hydrogen-bond acceptors (Lipinski definition) is 6. The molecule has 3 aromatic carbocycles. The van der Waals surface area contributed by atoms with Gasteiger partial charge in [-0.25, -0.2) is 23.2 Å². The Balaban J connectivity index is 0.000000431. The molecule has 0 radical (unpaired) electrons. The van der Waals surface area contributed by atoms with Crippen LogP contribution in [-0.4, -0.2) is 31.7 Å². The third-order valence-corrected chi connectivity index (χ3v) is 5.21. The number of hydrogen-bond donors (Lipinski definition) is 0. The van der Waals surface area contributed by atoms with Gasteiger partial charge in [0.25, 0.3) is 0 Å². The Bertz CT molecular complexity index is 1570. The van der Waals surface area contributed by atoms with Crippen LogP contribution in [0.4, 0.5) is 5.69 Å². The molecule has 202 valence electrons. The van der Waals surface area contributed by atoms with Gasteiger partial charge in [-0.15, -0.1) is 40.2 Å². The van der Waals surface area contributed by atoms with Crippen molar-refractivity contribution in [3.05, 3.63) is 135 Å². The van der Waals surface area contributed by atoms with Crippen LogP contribution in [0.5, 0.6) is 11.5 Å². The molecule has 0 fully saturated rings. The van der Waals surface area contributed by atoms with E-state index >= 15 is 0 Å². The van der Waals surface area contributed by atoms with Crippen LogP contribution in [0, 0.1) is 49.5 Å². The minimum absolute atomic E-state index is 0. The van der Waals surface area contributed by atoms with Gasteiger partial charge in [-0.2, -0.15) is 54.8 Å². The minimum atomic E-state index is 0. The van der Waals surface area contributed by atoms with Gasteiger partial charge in [0.1, 0.15) is 12.7 Å². The third kappa shape index (κ3) is 8.02. The van der Waals surface area contributed by atoms with Crippen molar-refractivity contribution >= 4 is 5.69 Å². The summed E-state index contributed by atoms with van der Waals surface area (Å²) in [6, 6.07) is 37.4. The van der Waals surface area contributed by atoms with E-state index in [-0.39, 0.29) is 42.1 Å². The first-order valence-electron chi connectivity index (χ1n) is 11.5. The maximum Gasteiger partial charge on any atom is 4.00 e. The zero-order valence-corrected chi connectivity index (χ0v) is 25.5. The van der Waals surface area contributed by atoms with Crippen LogP contribution in [0.2, 0.25) is 0 Å². The van der Waals surface area contributed by atoms with Crippen LogP contribution in [0.1, 0.15) is 0 Å². The summed E-state index contributed by atoms with van der Waals surface area (Å²) in [4.78, 5) is 8.39. The Morgan fingerprint density at radius 3 is 2.40 bits per heavy atom. The van der Waals surface area contributed by atoms with Crippen LogP contribution in [-0.2, 0) is 42.1 Å². The normalized spacial score (nSPS) is 11.4. The zero-order chi connectivity index (χ0) is 26.2. The van der Waals surface area contributed by atoms with Crippen molar-refractivity contribution in [2.45, 2.75) is 0 Å². The molecule has 2 aromatic heterocycles. The molecule has 5 aromatic rings. The monoisotopic (exact) mass is 881 g/mol. The largest absolute Gasteiger partial charge is 4.00 e. The van der Waals surface area contributed by atoms with E-state index in [1.165, 1.54) is 17.2 Å². The van der Waals surface area contributed by atoms with Crippen LogP contribution in [0.3, 0.4) is 0 Å². The standard InChI is InChI=1S/C27H17N3O.C4H2N3.2Pt/c1-29-15-16-30(20-29)24-10-6-12-26(19-24)31-25-11-5-9-23(17-25)27-18-22(13-14-28-27)21-7-3-2-4-8-21;1-2-7-3-5-6-4-7;;/h2-7,10-16,20H,1H3;3-4H;;/q-6;-1;;+4. The molecular formula is C31H19N6OPt2-3. The van der Waals surface area contributed by atoms with Gasteiger partial charge in [-0.05, 0) is 25.6 Å². The summed E-state index contributed by atoms with van der Waals surface area (Å²) in [6.07, 6.45) is 15.0. The molecule has 0 saturated heterocycles. The molecule has 0 saturated carbocycles.